The van der Waals surface area contributed by atoms with Crippen LogP contribution in [0.25, 0.3) is 0 Å². The summed E-state index contributed by atoms with van der Waals surface area (Å²) in [6, 6.07) is 10.5. The van der Waals surface area contributed by atoms with E-state index in [0.717, 1.165) is 25.9 Å². The van der Waals surface area contributed by atoms with Crippen LogP contribution in [0.5, 0.6) is 0 Å². The first-order valence-electron chi connectivity index (χ1n) is 12.1. The molecular weight excluding hydrogens is 518 g/mol. The Morgan fingerprint density at radius 1 is 1.11 bits per heavy atom. The van der Waals surface area contributed by atoms with Gasteiger partial charge in [0.2, 0.25) is 10.0 Å². The summed E-state index contributed by atoms with van der Waals surface area (Å²) in [4.78, 5) is 27.4. The number of amides is 1. The van der Waals surface area contributed by atoms with Gasteiger partial charge in [-0.15, -0.1) is 0 Å². The van der Waals surface area contributed by atoms with E-state index in [1.165, 1.54) is 50.1 Å². The van der Waals surface area contributed by atoms with Crippen molar-refractivity contribution < 1.29 is 31.5 Å². The van der Waals surface area contributed by atoms with E-state index < -0.39 is 38.2 Å². The number of benzene rings is 2. The summed E-state index contributed by atoms with van der Waals surface area (Å²) in [6.07, 6.45) is 4.39. The molecule has 2 unspecified atom stereocenters. The van der Waals surface area contributed by atoms with Gasteiger partial charge in [-0.1, -0.05) is 6.07 Å². The Morgan fingerprint density at radius 2 is 1.81 bits per heavy atom. The lowest BCUT2D eigenvalue weighted by atomic mass is 9.93. The predicted molar refractivity (Wildman–Crippen MR) is 140 cm³/mol. The SMILES string of the molecule is CCOC(=O)C(C)S(=O)(=O)Nc1ccc(C(=O)Nc2cccc(S(=O)[O-])c2)c(N2CCC3(CC2)CC3)c1. The zero-order valence-corrected chi connectivity index (χ0v) is 22.3. The van der Waals surface area contributed by atoms with Gasteiger partial charge in [0.25, 0.3) is 5.91 Å². The molecule has 1 saturated carbocycles. The number of hydrogen-bond acceptors (Lipinski definition) is 8. The lowest BCUT2D eigenvalue weighted by Crippen LogP contribution is -2.36. The second kappa shape index (κ2) is 10.8. The normalized spacial score (nSPS) is 18.1. The van der Waals surface area contributed by atoms with Gasteiger partial charge in [0.05, 0.1) is 23.5 Å². The number of rotatable bonds is 9. The largest absolute Gasteiger partial charge is 0.768 e. The highest BCUT2D eigenvalue weighted by Gasteiger charge is 2.44. The van der Waals surface area contributed by atoms with Crippen LogP contribution in [0.4, 0.5) is 17.1 Å². The van der Waals surface area contributed by atoms with Crippen LogP contribution in [0.15, 0.2) is 47.4 Å². The Bertz CT molecular complexity index is 1320. The number of anilines is 3. The fraction of sp³-hybridized carbons (Fsp3) is 0.440. The van der Waals surface area contributed by atoms with Gasteiger partial charge >= 0.3 is 5.97 Å². The minimum atomic E-state index is -4.09. The lowest BCUT2D eigenvalue weighted by Gasteiger charge is -2.35. The highest BCUT2D eigenvalue weighted by Crippen LogP contribution is 2.54. The number of hydrogen-bond donors (Lipinski definition) is 2. The van der Waals surface area contributed by atoms with Gasteiger partial charge in [-0.05, 0) is 92.4 Å². The molecule has 1 spiro atoms. The number of ether oxygens (including phenoxy) is 1. The van der Waals surface area contributed by atoms with E-state index in [1.807, 2.05) is 0 Å². The highest BCUT2D eigenvalue weighted by molar-refractivity contribution is 7.94. The van der Waals surface area contributed by atoms with Crippen molar-refractivity contribution in [1.82, 2.24) is 0 Å². The molecule has 12 heteroatoms. The number of sulfonamides is 1. The minimum Gasteiger partial charge on any atom is -0.768 e. The molecule has 4 rings (SSSR count). The first kappa shape index (κ1) is 27.1. The molecule has 1 amide bonds. The molecule has 0 radical (unpaired) electrons. The number of nitrogens with zero attached hydrogens (tertiary/aromatic N) is 1. The molecule has 1 aliphatic heterocycles. The molecule has 37 heavy (non-hydrogen) atoms. The fourth-order valence-corrected chi connectivity index (χ4v) is 5.83. The maximum atomic E-state index is 13.3. The van der Waals surface area contributed by atoms with Crippen molar-refractivity contribution in [3.05, 3.63) is 48.0 Å². The Labute approximate surface area is 219 Å². The van der Waals surface area contributed by atoms with Crippen LogP contribution in [-0.4, -0.2) is 54.0 Å². The number of nitrogens with one attached hydrogen (secondary N) is 2. The van der Waals surface area contributed by atoms with E-state index in [-0.39, 0.29) is 17.2 Å². The number of carbonyl (C=O) groups is 2. The molecule has 1 aliphatic carbocycles. The van der Waals surface area contributed by atoms with E-state index in [0.29, 0.717) is 22.4 Å². The van der Waals surface area contributed by atoms with Gasteiger partial charge in [0.15, 0.2) is 5.25 Å². The highest BCUT2D eigenvalue weighted by atomic mass is 32.2. The quantitative estimate of drug-likeness (QED) is 0.359. The summed E-state index contributed by atoms with van der Waals surface area (Å²) in [7, 11) is -4.09. The second-order valence-corrected chi connectivity index (χ2v) is 12.4. The Kier molecular flexibility index (Phi) is 7.91. The van der Waals surface area contributed by atoms with Crippen LogP contribution in [0.2, 0.25) is 0 Å². The maximum absolute atomic E-state index is 13.3. The average molecular weight is 549 g/mol. The topological polar surface area (TPSA) is 145 Å². The zero-order valence-electron chi connectivity index (χ0n) is 20.7. The zero-order chi connectivity index (χ0) is 26.8. The summed E-state index contributed by atoms with van der Waals surface area (Å²) in [5, 5.41) is 1.32. The van der Waals surface area contributed by atoms with Crippen molar-refractivity contribution in [2.75, 3.05) is 34.6 Å². The second-order valence-electron chi connectivity index (χ2n) is 9.48. The van der Waals surface area contributed by atoms with E-state index in [4.69, 9.17) is 4.74 Å². The molecule has 2 fully saturated rings. The minimum absolute atomic E-state index is 0.0456. The van der Waals surface area contributed by atoms with Crippen LogP contribution in [0, 0.1) is 5.41 Å². The van der Waals surface area contributed by atoms with Gasteiger partial charge in [-0.3, -0.25) is 18.5 Å². The summed E-state index contributed by atoms with van der Waals surface area (Å²) < 4.78 is 55.5. The molecule has 1 saturated heterocycles. The fourth-order valence-electron chi connectivity index (χ4n) is 4.46. The van der Waals surface area contributed by atoms with Gasteiger partial charge in [-0.2, -0.15) is 0 Å². The van der Waals surface area contributed by atoms with Crippen molar-refractivity contribution in [3.8, 4) is 0 Å². The van der Waals surface area contributed by atoms with Gasteiger partial charge in [0.1, 0.15) is 0 Å². The molecule has 2 aliphatic rings. The van der Waals surface area contributed by atoms with E-state index in [2.05, 4.69) is 14.9 Å². The molecule has 0 aromatic heterocycles. The maximum Gasteiger partial charge on any atom is 0.325 e. The Hall–Kier alpha value is -2.96. The third-order valence-corrected chi connectivity index (χ3v) is 9.28. The van der Waals surface area contributed by atoms with Crippen molar-refractivity contribution in [2.45, 2.75) is 49.7 Å². The molecule has 0 bridgehead atoms. The molecule has 10 nitrogen and oxygen atoms in total. The average Bonchev–Trinajstić information content (AvgIpc) is 3.62. The van der Waals surface area contributed by atoms with E-state index >= 15 is 0 Å². The molecule has 2 aromatic rings. The number of carbonyl (C=O) groups excluding carboxylic acids is 2. The number of esters is 1. The first-order valence-corrected chi connectivity index (χ1v) is 14.7. The molecule has 2 aromatic carbocycles. The summed E-state index contributed by atoms with van der Waals surface area (Å²) in [5.41, 5.74) is 1.81. The first-order chi connectivity index (χ1) is 17.5. The monoisotopic (exact) mass is 548 g/mol. The van der Waals surface area contributed by atoms with Crippen molar-refractivity contribution in [1.29, 1.82) is 0 Å². The van der Waals surface area contributed by atoms with Crippen LogP contribution < -0.4 is 14.9 Å². The molecule has 2 N–H and O–H groups in total. The molecular formula is C25H30N3O7S2-. The van der Waals surface area contributed by atoms with Crippen LogP contribution >= 0.6 is 0 Å². The number of piperidine rings is 1. The van der Waals surface area contributed by atoms with Gasteiger partial charge < -0.3 is 19.5 Å². The summed E-state index contributed by atoms with van der Waals surface area (Å²) in [5.74, 6) is -1.30. The van der Waals surface area contributed by atoms with E-state index in [1.54, 1.807) is 19.1 Å². The summed E-state index contributed by atoms with van der Waals surface area (Å²) >= 11 is -2.44. The third-order valence-electron chi connectivity index (χ3n) is 6.99. The van der Waals surface area contributed by atoms with Crippen molar-refractivity contribution in [3.63, 3.8) is 0 Å². The third kappa shape index (κ3) is 6.31. The van der Waals surface area contributed by atoms with Crippen molar-refractivity contribution >= 4 is 50.0 Å². The van der Waals surface area contributed by atoms with Crippen LogP contribution in [-0.2, 0) is 30.6 Å². The standard InChI is InChI=1S/C25H31N3O7S2/c1-3-35-24(30)17(2)37(33,34)27-19-7-8-21(22(16-19)28-13-11-25(9-10-25)12-14-28)23(29)26-18-5-4-6-20(15-18)36(31)32/h4-8,15-17,27H,3,9-14H2,1-2H3,(H,26,29)(H,31,32)/p-1. The molecule has 1 heterocycles. The van der Waals surface area contributed by atoms with Crippen molar-refractivity contribution in [2.24, 2.45) is 5.41 Å². The Balaban J connectivity index is 1.61. The van der Waals surface area contributed by atoms with Gasteiger partial charge in [-0.25, -0.2) is 8.42 Å². The van der Waals surface area contributed by atoms with E-state index in [9.17, 15) is 26.8 Å². The van der Waals surface area contributed by atoms with Gasteiger partial charge in [0, 0.05) is 23.7 Å². The molecule has 2 atom stereocenters. The Morgan fingerprint density at radius 3 is 2.43 bits per heavy atom. The van der Waals surface area contributed by atoms with Crippen LogP contribution in [0.3, 0.4) is 0 Å². The van der Waals surface area contributed by atoms with Crippen LogP contribution in [0.1, 0.15) is 49.9 Å². The lowest BCUT2D eigenvalue weighted by molar-refractivity contribution is -0.142. The predicted octanol–water partition coefficient (Wildman–Crippen LogP) is 3.25. The summed E-state index contributed by atoms with van der Waals surface area (Å²) in [6.45, 7) is 4.37. The molecule has 200 valence electrons. The smallest absolute Gasteiger partial charge is 0.325 e.